The van der Waals surface area contributed by atoms with E-state index < -0.39 is 0 Å². The highest BCUT2D eigenvalue weighted by Crippen LogP contribution is 2.27. The molecule has 3 aromatic rings. The number of para-hydroxylation sites is 1. The van der Waals surface area contributed by atoms with E-state index in [9.17, 15) is 0 Å². The Morgan fingerprint density at radius 2 is 2.33 bits per heavy atom. The lowest BCUT2D eigenvalue weighted by molar-refractivity contribution is 0.419. The molecule has 0 unspecified atom stereocenters. The van der Waals surface area contributed by atoms with E-state index in [0.29, 0.717) is 12.5 Å². The van der Waals surface area contributed by atoms with Crippen LogP contribution >= 0.6 is 11.3 Å². The smallest absolute Gasteiger partial charge is 0.201 e. The predicted octanol–water partition coefficient (Wildman–Crippen LogP) is 2.13. The molecule has 2 heterocycles. The van der Waals surface area contributed by atoms with Crippen molar-refractivity contribution in [2.75, 3.05) is 12.8 Å². The maximum Gasteiger partial charge on any atom is 0.201 e. The summed E-state index contributed by atoms with van der Waals surface area (Å²) in [6.07, 6.45) is 0. The van der Waals surface area contributed by atoms with Crippen molar-refractivity contribution in [1.29, 1.82) is 0 Å². The number of nitrogens with zero attached hydrogens (tertiary/aromatic N) is 3. The number of fused-ring (bicyclic) bond motifs is 1. The summed E-state index contributed by atoms with van der Waals surface area (Å²) in [6.45, 7) is 0.624. The van der Waals surface area contributed by atoms with Gasteiger partial charge in [0.1, 0.15) is 11.3 Å². The molecule has 0 radical (unpaired) electrons. The molecule has 1 aromatic carbocycles. The second-order valence-electron chi connectivity index (χ2n) is 3.86. The predicted molar refractivity (Wildman–Crippen MR) is 71.9 cm³/mol. The van der Waals surface area contributed by atoms with Crippen LogP contribution in [0.2, 0.25) is 0 Å². The highest BCUT2D eigenvalue weighted by atomic mass is 32.1. The molecule has 6 heteroatoms. The lowest BCUT2D eigenvalue weighted by Gasteiger charge is -2.04. The largest absolute Gasteiger partial charge is 0.494 e. The molecule has 0 aliphatic heterocycles. The van der Waals surface area contributed by atoms with Crippen molar-refractivity contribution >= 4 is 28.3 Å². The highest BCUT2D eigenvalue weighted by molar-refractivity contribution is 7.07. The monoisotopic (exact) mass is 260 g/mol. The van der Waals surface area contributed by atoms with Crippen LogP contribution in [-0.2, 0) is 6.54 Å². The van der Waals surface area contributed by atoms with Gasteiger partial charge in [0.15, 0.2) is 0 Å². The molecule has 0 aliphatic rings. The van der Waals surface area contributed by atoms with Crippen molar-refractivity contribution in [3.63, 3.8) is 0 Å². The third-order valence-corrected chi connectivity index (χ3v) is 3.43. The second kappa shape index (κ2) is 4.30. The molecule has 3 rings (SSSR count). The van der Waals surface area contributed by atoms with Gasteiger partial charge in [-0.15, -0.1) is 11.3 Å². The summed E-state index contributed by atoms with van der Waals surface area (Å²) in [7, 11) is 1.63. The molecule has 0 amide bonds. The topological polar surface area (TPSA) is 66.0 Å². The van der Waals surface area contributed by atoms with Crippen LogP contribution in [0.1, 0.15) is 5.69 Å². The first-order valence-corrected chi connectivity index (χ1v) is 6.39. The van der Waals surface area contributed by atoms with Gasteiger partial charge in [-0.1, -0.05) is 6.07 Å². The van der Waals surface area contributed by atoms with E-state index in [4.69, 9.17) is 10.5 Å². The third kappa shape index (κ3) is 1.70. The molecule has 0 saturated heterocycles. The van der Waals surface area contributed by atoms with Gasteiger partial charge in [-0.3, -0.25) is 0 Å². The summed E-state index contributed by atoms with van der Waals surface area (Å²) in [5.74, 6) is 1.21. The van der Waals surface area contributed by atoms with E-state index in [0.717, 1.165) is 22.5 Å². The molecule has 0 saturated carbocycles. The zero-order valence-corrected chi connectivity index (χ0v) is 10.6. The molecule has 2 N–H and O–H groups in total. The SMILES string of the molecule is COc1cccc2c1nc(N)n2Cc1cscn1. The van der Waals surface area contributed by atoms with Gasteiger partial charge in [0.05, 0.1) is 30.4 Å². The Balaban J connectivity index is 2.14. The van der Waals surface area contributed by atoms with E-state index >= 15 is 0 Å². The van der Waals surface area contributed by atoms with Crippen LogP contribution in [0.4, 0.5) is 5.95 Å². The number of thiazole rings is 1. The van der Waals surface area contributed by atoms with Gasteiger partial charge in [-0.05, 0) is 12.1 Å². The highest BCUT2D eigenvalue weighted by Gasteiger charge is 2.12. The fourth-order valence-corrected chi connectivity index (χ4v) is 2.50. The number of aromatic nitrogens is 3. The van der Waals surface area contributed by atoms with Crippen LogP contribution in [0.15, 0.2) is 29.1 Å². The molecule has 0 fully saturated rings. The number of benzene rings is 1. The number of imidazole rings is 1. The van der Waals surface area contributed by atoms with E-state index in [1.807, 2.05) is 33.7 Å². The molecular weight excluding hydrogens is 248 g/mol. The Hall–Kier alpha value is -2.08. The first-order valence-electron chi connectivity index (χ1n) is 5.45. The number of anilines is 1. The fraction of sp³-hybridized carbons (Fsp3) is 0.167. The van der Waals surface area contributed by atoms with Crippen LogP contribution in [-0.4, -0.2) is 21.6 Å². The van der Waals surface area contributed by atoms with Gasteiger partial charge >= 0.3 is 0 Å². The average Bonchev–Trinajstić information content (AvgIpc) is 2.99. The second-order valence-corrected chi connectivity index (χ2v) is 4.58. The van der Waals surface area contributed by atoms with Gasteiger partial charge in [-0.25, -0.2) is 9.97 Å². The van der Waals surface area contributed by atoms with Crippen LogP contribution in [0, 0.1) is 0 Å². The molecule has 0 bridgehead atoms. The van der Waals surface area contributed by atoms with Gasteiger partial charge < -0.3 is 15.0 Å². The Morgan fingerprint density at radius 3 is 3.06 bits per heavy atom. The molecule has 0 spiro atoms. The fourth-order valence-electron chi connectivity index (χ4n) is 1.95. The minimum absolute atomic E-state index is 0.475. The number of methoxy groups -OCH3 is 1. The van der Waals surface area contributed by atoms with Crippen molar-refractivity contribution in [2.45, 2.75) is 6.54 Å². The minimum atomic E-state index is 0.475. The molecule has 2 aromatic heterocycles. The molecule has 0 aliphatic carbocycles. The zero-order chi connectivity index (χ0) is 12.5. The average molecular weight is 260 g/mol. The summed E-state index contributed by atoms with van der Waals surface area (Å²) >= 11 is 1.57. The Labute approximate surface area is 108 Å². The summed E-state index contributed by atoms with van der Waals surface area (Å²) in [5, 5.41) is 2.01. The van der Waals surface area contributed by atoms with Crippen molar-refractivity contribution < 1.29 is 4.74 Å². The number of hydrogen-bond acceptors (Lipinski definition) is 5. The zero-order valence-electron chi connectivity index (χ0n) is 9.83. The Bertz CT molecular complexity index is 675. The summed E-state index contributed by atoms with van der Waals surface area (Å²) in [4.78, 5) is 8.62. The van der Waals surface area contributed by atoms with Gasteiger partial charge in [0, 0.05) is 5.38 Å². The van der Waals surface area contributed by atoms with Crippen molar-refractivity contribution in [2.24, 2.45) is 0 Å². The standard InChI is InChI=1S/C12H12N4OS/c1-17-10-4-2-3-9-11(10)15-12(13)16(9)5-8-6-18-7-14-8/h2-4,6-7H,5H2,1H3,(H2,13,15). The molecular formula is C12H12N4OS. The number of hydrogen-bond donors (Lipinski definition) is 1. The summed E-state index contributed by atoms with van der Waals surface area (Å²) < 4.78 is 7.22. The van der Waals surface area contributed by atoms with E-state index in [2.05, 4.69) is 9.97 Å². The van der Waals surface area contributed by atoms with E-state index in [-0.39, 0.29) is 0 Å². The number of ether oxygens (including phenoxy) is 1. The minimum Gasteiger partial charge on any atom is -0.494 e. The first-order chi connectivity index (χ1) is 8.79. The molecule has 0 atom stereocenters. The quantitative estimate of drug-likeness (QED) is 0.783. The normalized spacial score (nSPS) is 10.9. The molecule has 5 nitrogen and oxygen atoms in total. The number of nitrogens with two attached hydrogens (primary N) is 1. The van der Waals surface area contributed by atoms with Crippen LogP contribution in [0.3, 0.4) is 0 Å². The van der Waals surface area contributed by atoms with Crippen LogP contribution < -0.4 is 10.5 Å². The van der Waals surface area contributed by atoms with Gasteiger partial charge in [0.25, 0.3) is 0 Å². The van der Waals surface area contributed by atoms with E-state index in [1.165, 1.54) is 0 Å². The van der Waals surface area contributed by atoms with Crippen molar-refractivity contribution in [1.82, 2.24) is 14.5 Å². The lowest BCUT2D eigenvalue weighted by Crippen LogP contribution is -2.04. The first kappa shape index (κ1) is 11.0. The Morgan fingerprint density at radius 1 is 1.44 bits per heavy atom. The van der Waals surface area contributed by atoms with E-state index in [1.54, 1.807) is 18.4 Å². The summed E-state index contributed by atoms with van der Waals surface area (Å²) in [5.41, 5.74) is 10.5. The third-order valence-electron chi connectivity index (χ3n) is 2.79. The molecule has 18 heavy (non-hydrogen) atoms. The number of nitrogen functional groups attached to an aromatic ring is 1. The maximum absolute atomic E-state index is 5.97. The lowest BCUT2D eigenvalue weighted by atomic mass is 10.3. The number of rotatable bonds is 3. The molecule has 92 valence electrons. The maximum atomic E-state index is 5.97. The van der Waals surface area contributed by atoms with Crippen molar-refractivity contribution in [3.8, 4) is 5.75 Å². The Kier molecular flexibility index (Phi) is 2.64. The van der Waals surface area contributed by atoms with Gasteiger partial charge in [0.2, 0.25) is 5.95 Å². The summed E-state index contributed by atoms with van der Waals surface area (Å²) in [6, 6.07) is 5.79. The van der Waals surface area contributed by atoms with Crippen LogP contribution in [0.5, 0.6) is 5.75 Å². The van der Waals surface area contributed by atoms with Crippen LogP contribution in [0.25, 0.3) is 11.0 Å². The van der Waals surface area contributed by atoms with Crippen molar-refractivity contribution in [3.05, 3.63) is 34.8 Å². The van der Waals surface area contributed by atoms with Gasteiger partial charge in [-0.2, -0.15) is 0 Å².